The maximum Gasteiger partial charge on any atom is 0.329 e. The first-order valence-electron chi connectivity index (χ1n) is 6.02. The lowest BCUT2D eigenvalue weighted by Crippen LogP contribution is -2.46. The van der Waals surface area contributed by atoms with Gasteiger partial charge in [0.2, 0.25) is 5.91 Å². The molecule has 1 saturated heterocycles. The van der Waals surface area contributed by atoms with Crippen LogP contribution < -0.4 is 0 Å². The number of nitrogens with zero attached hydrogens (tertiary/aromatic N) is 1. The molecule has 2 atom stereocenters. The van der Waals surface area contributed by atoms with Gasteiger partial charge in [0.25, 0.3) is 0 Å². The van der Waals surface area contributed by atoms with E-state index in [1.807, 2.05) is 0 Å². The zero-order chi connectivity index (χ0) is 14.8. The third-order valence-electron chi connectivity index (χ3n) is 2.56. The third-order valence-corrected chi connectivity index (χ3v) is 2.56. The fourth-order valence-corrected chi connectivity index (χ4v) is 1.87. The zero-order valence-electron chi connectivity index (χ0n) is 11.3. The summed E-state index contributed by atoms with van der Waals surface area (Å²) in [6.07, 6.45) is -1.50. The van der Waals surface area contributed by atoms with Gasteiger partial charge in [-0.3, -0.25) is 9.59 Å². The Hall–Kier alpha value is -1.63. The molecule has 0 aromatic heterocycles. The number of hydrogen-bond acceptors (Lipinski definition) is 5. The van der Waals surface area contributed by atoms with Crippen molar-refractivity contribution < 1.29 is 29.3 Å². The Kier molecular flexibility index (Phi) is 4.52. The van der Waals surface area contributed by atoms with Crippen molar-refractivity contribution >= 4 is 17.8 Å². The Balaban J connectivity index is 2.86. The monoisotopic (exact) mass is 273 g/mol. The van der Waals surface area contributed by atoms with Crippen LogP contribution in [0.4, 0.5) is 0 Å². The second kappa shape index (κ2) is 5.56. The smallest absolute Gasteiger partial charge is 0.329 e. The lowest BCUT2D eigenvalue weighted by molar-refractivity contribution is -0.166. The molecular formula is C12H19NO6. The summed E-state index contributed by atoms with van der Waals surface area (Å²) < 4.78 is 5.12. The molecule has 1 heterocycles. The third kappa shape index (κ3) is 4.51. The van der Waals surface area contributed by atoms with Crippen LogP contribution in [0.1, 0.15) is 33.6 Å². The predicted octanol–water partition coefficient (Wildman–Crippen LogP) is -0.235. The molecule has 7 nitrogen and oxygen atoms in total. The van der Waals surface area contributed by atoms with E-state index in [1.165, 1.54) is 0 Å². The summed E-state index contributed by atoms with van der Waals surface area (Å²) in [4.78, 5) is 35.5. The van der Waals surface area contributed by atoms with Gasteiger partial charge in [-0.05, 0) is 20.8 Å². The van der Waals surface area contributed by atoms with Crippen molar-refractivity contribution in [2.75, 3.05) is 6.54 Å². The van der Waals surface area contributed by atoms with Crippen LogP contribution in [0.2, 0.25) is 0 Å². The normalized spacial score (nSPS) is 21.4. The van der Waals surface area contributed by atoms with E-state index in [4.69, 9.17) is 9.84 Å². The van der Waals surface area contributed by atoms with Crippen LogP contribution in [0.3, 0.4) is 0 Å². The molecular weight excluding hydrogens is 254 g/mol. The number of rotatable bonds is 4. The Morgan fingerprint density at radius 3 is 2.42 bits per heavy atom. The van der Waals surface area contributed by atoms with Crippen molar-refractivity contribution in [3.8, 4) is 0 Å². The van der Waals surface area contributed by atoms with Gasteiger partial charge in [0.1, 0.15) is 11.6 Å². The number of aliphatic carboxylic acids is 1. The molecule has 0 aromatic carbocycles. The number of carboxylic acids is 1. The lowest BCUT2D eigenvalue weighted by Gasteiger charge is -2.28. The molecule has 0 saturated carbocycles. The van der Waals surface area contributed by atoms with Gasteiger partial charge in [0, 0.05) is 6.54 Å². The second-order valence-electron chi connectivity index (χ2n) is 5.55. The fourth-order valence-electron chi connectivity index (χ4n) is 1.87. The highest BCUT2D eigenvalue weighted by Crippen LogP contribution is 2.20. The Bertz CT molecular complexity index is 386. The van der Waals surface area contributed by atoms with Crippen molar-refractivity contribution in [1.29, 1.82) is 0 Å². The molecule has 0 aliphatic carbocycles. The van der Waals surface area contributed by atoms with Gasteiger partial charge in [0.15, 0.2) is 0 Å². The van der Waals surface area contributed by atoms with Crippen LogP contribution in [0.25, 0.3) is 0 Å². The first-order valence-corrected chi connectivity index (χ1v) is 6.02. The van der Waals surface area contributed by atoms with Gasteiger partial charge >= 0.3 is 11.9 Å². The molecule has 0 bridgehead atoms. The zero-order valence-corrected chi connectivity index (χ0v) is 11.3. The molecule has 0 spiro atoms. The Morgan fingerprint density at radius 2 is 2.05 bits per heavy atom. The molecule has 1 aliphatic rings. The van der Waals surface area contributed by atoms with Crippen molar-refractivity contribution in [3.63, 3.8) is 0 Å². The van der Waals surface area contributed by atoms with E-state index in [9.17, 15) is 19.5 Å². The van der Waals surface area contributed by atoms with Crippen LogP contribution >= 0.6 is 0 Å². The number of aliphatic hydroxyl groups is 1. The molecule has 1 unspecified atom stereocenters. The van der Waals surface area contributed by atoms with Crippen LogP contribution in [-0.2, 0) is 19.1 Å². The standard InChI is InChI=1S/C12H19NO6/c1-12(2,3)19-11(18)8(5-10(16)17)13-6-7(14)4-9(13)15/h7-8,14H,4-6H2,1-3H3,(H,16,17)/t7?,8-/m0/s1. The summed E-state index contributed by atoms with van der Waals surface area (Å²) in [6.45, 7) is 4.92. The number of carbonyl (C=O) groups is 3. The number of carboxylic acid groups (broad SMARTS) is 1. The van der Waals surface area contributed by atoms with Crippen molar-refractivity contribution in [1.82, 2.24) is 4.90 Å². The van der Waals surface area contributed by atoms with Gasteiger partial charge < -0.3 is 19.8 Å². The van der Waals surface area contributed by atoms with Gasteiger partial charge in [0.05, 0.1) is 18.9 Å². The highest BCUT2D eigenvalue weighted by molar-refractivity contribution is 5.89. The van der Waals surface area contributed by atoms with E-state index >= 15 is 0 Å². The summed E-state index contributed by atoms with van der Waals surface area (Å²) in [6, 6.07) is -1.19. The maximum absolute atomic E-state index is 12.0. The molecule has 0 aromatic rings. The van der Waals surface area contributed by atoms with Gasteiger partial charge in [-0.25, -0.2) is 4.79 Å². The second-order valence-corrected chi connectivity index (χ2v) is 5.55. The fraction of sp³-hybridized carbons (Fsp3) is 0.750. The molecule has 1 rings (SSSR count). The molecule has 1 aliphatic heterocycles. The quantitative estimate of drug-likeness (QED) is 0.685. The van der Waals surface area contributed by atoms with E-state index in [2.05, 4.69) is 0 Å². The van der Waals surface area contributed by atoms with E-state index in [1.54, 1.807) is 20.8 Å². The minimum Gasteiger partial charge on any atom is -0.481 e. The molecule has 19 heavy (non-hydrogen) atoms. The number of hydrogen-bond donors (Lipinski definition) is 2. The number of likely N-dealkylation sites (tertiary alicyclic amines) is 1. The molecule has 7 heteroatoms. The number of ether oxygens (including phenoxy) is 1. The molecule has 2 N–H and O–H groups in total. The van der Waals surface area contributed by atoms with E-state index in [0.717, 1.165) is 4.90 Å². The predicted molar refractivity (Wildman–Crippen MR) is 64.2 cm³/mol. The van der Waals surface area contributed by atoms with Crippen LogP contribution in [-0.4, -0.2) is 57.3 Å². The maximum atomic E-state index is 12.0. The van der Waals surface area contributed by atoms with Gasteiger partial charge in [-0.1, -0.05) is 0 Å². The molecule has 1 fully saturated rings. The number of aliphatic hydroxyl groups excluding tert-OH is 1. The number of esters is 1. The minimum absolute atomic E-state index is 0.0456. The van der Waals surface area contributed by atoms with Crippen molar-refractivity contribution in [3.05, 3.63) is 0 Å². The summed E-state index contributed by atoms with van der Waals surface area (Å²) >= 11 is 0. The largest absolute Gasteiger partial charge is 0.481 e. The van der Waals surface area contributed by atoms with Crippen LogP contribution in [0.5, 0.6) is 0 Å². The lowest BCUT2D eigenvalue weighted by atomic mass is 10.1. The highest BCUT2D eigenvalue weighted by Gasteiger charge is 2.40. The highest BCUT2D eigenvalue weighted by atomic mass is 16.6. The molecule has 108 valence electrons. The van der Waals surface area contributed by atoms with Gasteiger partial charge in [-0.15, -0.1) is 0 Å². The SMILES string of the molecule is CC(C)(C)OC(=O)[C@H](CC(=O)O)N1CC(O)CC1=O. The first kappa shape index (κ1) is 15.4. The van der Waals surface area contributed by atoms with E-state index < -0.39 is 42.0 Å². The van der Waals surface area contributed by atoms with Crippen LogP contribution in [0, 0.1) is 0 Å². The summed E-state index contributed by atoms with van der Waals surface area (Å²) in [5, 5.41) is 18.2. The Labute approximate surface area is 111 Å². The number of β-amino-alcohol motifs (C(OH)–C–C–N with tert-alkyl or cyclic N) is 1. The van der Waals surface area contributed by atoms with Crippen molar-refractivity contribution in [2.24, 2.45) is 0 Å². The van der Waals surface area contributed by atoms with Gasteiger partial charge in [-0.2, -0.15) is 0 Å². The average molecular weight is 273 g/mol. The number of carbonyl (C=O) groups excluding carboxylic acids is 2. The molecule has 0 radical (unpaired) electrons. The summed E-state index contributed by atoms with van der Waals surface area (Å²) in [7, 11) is 0. The van der Waals surface area contributed by atoms with E-state index in [0.29, 0.717) is 0 Å². The van der Waals surface area contributed by atoms with Crippen molar-refractivity contribution in [2.45, 2.75) is 51.4 Å². The number of amides is 1. The minimum atomic E-state index is -1.20. The summed E-state index contributed by atoms with van der Waals surface area (Å²) in [5.41, 5.74) is -0.769. The first-order chi connectivity index (χ1) is 8.60. The molecule has 1 amide bonds. The average Bonchev–Trinajstić information content (AvgIpc) is 2.51. The summed E-state index contributed by atoms with van der Waals surface area (Å²) in [5.74, 6) is -2.41. The van der Waals surface area contributed by atoms with E-state index in [-0.39, 0.29) is 13.0 Å². The Morgan fingerprint density at radius 1 is 1.47 bits per heavy atom. The topological polar surface area (TPSA) is 104 Å². The van der Waals surface area contributed by atoms with Crippen LogP contribution in [0.15, 0.2) is 0 Å².